The molecule has 3 rings (SSSR count). The molecule has 2 N–H and O–H groups in total. The number of fused-ring (bicyclic) bond motifs is 1. The third-order valence-corrected chi connectivity index (χ3v) is 12.0. The van der Waals surface area contributed by atoms with Crippen LogP contribution in [0.3, 0.4) is 0 Å². The van der Waals surface area contributed by atoms with Crippen LogP contribution >= 0.6 is 11.6 Å². The Bertz CT molecular complexity index is 1360. The van der Waals surface area contributed by atoms with Crippen LogP contribution in [0.5, 0.6) is 0 Å². The molecule has 1 fully saturated rings. The van der Waals surface area contributed by atoms with E-state index in [0.29, 0.717) is 36.4 Å². The summed E-state index contributed by atoms with van der Waals surface area (Å²) >= 11 is 6.03. The van der Waals surface area contributed by atoms with Crippen molar-refractivity contribution in [3.63, 3.8) is 0 Å². The first-order valence-corrected chi connectivity index (χ1v) is 18.7. The summed E-state index contributed by atoms with van der Waals surface area (Å²) in [4.78, 5) is 25.2. The average molecular weight is 671 g/mol. The van der Waals surface area contributed by atoms with Gasteiger partial charge in [-0.15, -0.1) is 0 Å². The van der Waals surface area contributed by atoms with E-state index in [1.54, 1.807) is 13.8 Å². The number of aryl methyl sites for hydroxylation is 2. The number of aromatic nitrogens is 4. The standard InChI is InChI=1S/C33H55ClN4O6S/c1-22(2)45(42,43)30-27-29(36-32(34)37-30)35-23(3)38(27)20-18-16-14-12-10-8-7-9-11-13-15-17-19-24(31(41)44-6)25-21-26(39)33(4,5)28(25)40/h22,24-26,28,39-40H,7-21H2,1-6H3/t24-,25-,26-,28-/m0/s1. The van der Waals surface area contributed by atoms with Gasteiger partial charge in [-0.2, -0.15) is 4.98 Å². The van der Waals surface area contributed by atoms with Crippen molar-refractivity contribution in [2.45, 2.75) is 154 Å². The lowest BCUT2D eigenvalue weighted by Gasteiger charge is -2.30. The van der Waals surface area contributed by atoms with Crippen LogP contribution < -0.4 is 0 Å². The third-order valence-electron chi connectivity index (χ3n) is 9.81. The van der Waals surface area contributed by atoms with Crippen molar-refractivity contribution in [3.05, 3.63) is 11.1 Å². The van der Waals surface area contributed by atoms with Crippen LogP contribution in [0.25, 0.3) is 11.2 Å². The first kappa shape index (κ1) is 37.6. The van der Waals surface area contributed by atoms with Crippen LogP contribution in [0, 0.1) is 24.2 Å². The lowest BCUT2D eigenvalue weighted by atomic mass is 9.80. The highest BCUT2D eigenvalue weighted by atomic mass is 35.5. The second kappa shape index (κ2) is 16.8. The van der Waals surface area contributed by atoms with Gasteiger partial charge in [0.05, 0.1) is 30.5 Å². The lowest BCUT2D eigenvalue weighted by Crippen LogP contribution is -2.37. The van der Waals surface area contributed by atoms with Gasteiger partial charge in [0.25, 0.3) is 0 Å². The van der Waals surface area contributed by atoms with E-state index in [2.05, 4.69) is 15.0 Å². The normalized spacial score (nSPS) is 20.7. The lowest BCUT2D eigenvalue weighted by molar-refractivity contribution is -0.149. The topological polar surface area (TPSA) is 144 Å². The molecular formula is C33H55ClN4O6S. The van der Waals surface area contributed by atoms with Crippen LogP contribution in [0.1, 0.15) is 123 Å². The summed E-state index contributed by atoms with van der Waals surface area (Å²) in [7, 11) is -2.24. The molecule has 0 saturated heterocycles. The number of unbranched alkanes of at least 4 members (excludes halogenated alkanes) is 11. The van der Waals surface area contributed by atoms with Crippen LogP contribution in [0.2, 0.25) is 5.28 Å². The van der Waals surface area contributed by atoms with Crippen molar-refractivity contribution in [2.24, 2.45) is 17.3 Å². The number of hydrogen-bond donors (Lipinski definition) is 2. The Balaban J connectivity index is 1.29. The first-order valence-electron chi connectivity index (χ1n) is 16.8. The second-order valence-electron chi connectivity index (χ2n) is 13.7. The molecule has 0 bridgehead atoms. The van der Waals surface area contributed by atoms with Crippen LogP contribution in [0.4, 0.5) is 0 Å². The molecule has 0 aliphatic heterocycles. The van der Waals surface area contributed by atoms with Gasteiger partial charge in [0.15, 0.2) is 20.5 Å². The number of esters is 1. The third kappa shape index (κ3) is 9.39. The van der Waals surface area contributed by atoms with E-state index in [4.69, 9.17) is 16.3 Å². The van der Waals surface area contributed by atoms with Crippen LogP contribution in [-0.2, 0) is 25.9 Å². The van der Waals surface area contributed by atoms with Gasteiger partial charge in [0.1, 0.15) is 11.3 Å². The van der Waals surface area contributed by atoms with Gasteiger partial charge in [0.2, 0.25) is 5.28 Å². The number of aliphatic hydroxyl groups excluding tert-OH is 2. The number of methoxy groups -OCH3 is 1. The molecule has 45 heavy (non-hydrogen) atoms. The Labute approximate surface area is 274 Å². The summed E-state index contributed by atoms with van der Waals surface area (Å²) in [5.74, 6) is -0.189. The smallest absolute Gasteiger partial charge is 0.309 e. The van der Waals surface area contributed by atoms with E-state index in [0.717, 1.165) is 38.5 Å². The quantitative estimate of drug-likeness (QED) is 0.0731. The van der Waals surface area contributed by atoms with Gasteiger partial charge in [-0.1, -0.05) is 84.5 Å². The number of aliphatic hydroxyl groups is 2. The van der Waals surface area contributed by atoms with Crippen molar-refractivity contribution >= 4 is 38.6 Å². The maximum absolute atomic E-state index is 13.0. The highest BCUT2D eigenvalue weighted by molar-refractivity contribution is 7.92. The summed E-state index contributed by atoms with van der Waals surface area (Å²) in [5, 5.41) is 20.4. The fourth-order valence-electron chi connectivity index (χ4n) is 6.67. The second-order valence-corrected chi connectivity index (χ2v) is 16.5. The number of halogens is 1. The summed E-state index contributed by atoms with van der Waals surface area (Å²) in [6.45, 7) is 9.50. The Morgan fingerprint density at radius 1 is 0.956 bits per heavy atom. The van der Waals surface area contributed by atoms with Crippen LogP contribution in [0.15, 0.2) is 5.03 Å². The van der Waals surface area contributed by atoms with Crippen LogP contribution in [-0.4, -0.2) is 68.7 Å². The van der Waals surface area contributed by atoms with E-state index < -0.39 is 32.7 Å². The zero-order valence-electron chi connectivity index (χ0n) is 28.1. The number of carbonyl (C=O) groups excluding carboxylic acids is 1. The molecule has 0 unspecified atom stereocenters. The first-order chi connectivity index (χ1) is 21.2. The molecule has 1 aliphatic carbocycles. The molecule has 1 aliphatic rings. The monoisotopic (exact) mass is 670 g/mol. The van der Waals surface area contributed by atoms with Gasteiger partial charge in [-0.25, -0.2) is 18.4 Å². The molecule has 10 nitrogen and oxygen atoms in total. The van der Waals surface area contributed by atoms with E-state index in [1.165, 1.54) is 45.6 Å². The number of carbonyl (C=O) groups is 1. The molecule has 0 aromatic carbocycles. The van der Waals surface area contributed by atoms with E-state index in [1.807, 2.05) is 25.3 Å². The highest BCUT2D eigenvalue weighted by Gasteiger charge is 2.51. The minimum Gasteiger partial charge on any atom is -0.469 e. The van der Waals surface area contributed by atoms with Crippen molar-refractivity contribution in [1.29, 1.82) is 0 Å². The fraction of sp³-hybridized carbons (Fsp3) is 0.818. The summed E-state index contributed by atoms with van der Waals surface area (Å²) in [5.41, 5.74) is 0.165. The number of rotatable bonds is 19. The molecular weight excluding hydrogens is 616 g/mol. The number of ether oxygens (including phenoxy) is 1. The van der Waals surface area contributed by atoms with E-state index >= 15 is 0 Å². The summed E-state index contributed by atoms with van der Waals surface area (Å²) < 4.78 is 32.9. The van der Waals surface area contributed by atoms with Gasteiger partial charge in [0, 0.05) is 17.9 Å². The van der Waals surface area contributed by atoms with Gasteiger partial charge in [-0.05, 0) is 51.6 Å². The average Bonchev–Trinajstić information content (AvgIpc) is 3.40. The molecule has 0 spiro atoms. The molecule has 1 saturated carbocycles. The molecule has 256 valence electrons. The zero-order valence-corrected chi connectivity index (χ0v) is 29.7. The van der Waals surface area contributed by atoms with Crippen molar-refractivity contribution in [3.8, 4) is 0 Å². The molecule has 12 heteroatoms. The van der Waals surface area contributed by atoms with E-state index in [9.17, 15) is 23.4 Å². The molecule has 2 heterocycles. The predicted molar refractivity (Wildman–Crippen MR) is 177 cm³/mol. The SMILES string of the molecule is COC(=O)[C@@H](CCCCCCCCCCCCCCn1c(C)nc2nc(Cl)nc(S(=O)(=O)C(C)C)c21)[C@@H]1C[C@H](O)C(C)(C)[C@H]1O. The predicted octanol–water partition coefficient (Wildman–Crippen LogP) is 6.60. The largest absolute Gasteiger partial charge is 0.469 e. The molecule has 0 radical (unpaired) electrons. The van der Waals surface area contributed by atoms with Crippen molar-refractivity contribution < 1.29 is 28.2 Å². The molecule has 4 atom stereocenters. The fourth-order valence-corrected chi connectivity index (χ4v) is 8.01. The van der Waals surface area contributed by atoms with Gasteiger partial charge in [-0.3, -0.25) is 4.79 Å². The Hall–Kier alpha value is -1.82. The van der Waals surface area contributed by atoms with E-state index in [-0.39, 0.29) is 28.1 Å². The number of sulfone groups is 1. The summed E-state index contributed by atoms with van der Waals surface area (Å²) in [6.07, 6.45) is 13.3. The maximum atomic E-state index is 13.0. The molecule has 2 aromatic heterocycles. The zero-order chi connectivity index (χ0) is 33.4. The van der Waals surface area contributed by atoms with Crippen molar-refractivity contribution in [1.82, 2.24) is 19.5 Å². The number of nitrogens with zero attached hydrogens (tertiary/aromatic N) is 4. The Morgan fingerprint density at radius 2 is 1.49 bits per heavy atom. The molecule has 2 aromatic rings. The highest BCUT2D eigenvalue weighted by Crippen LogP contribution is 2.46. The Morgan fingerprint density at radius 3 is 1.98 bits per heavy atom. The van der Waals surface area contributed by atoms with Crippen molar-refractivity contribution in [2.75, 3.05) is 7.11 Å². The minimum absolute atomic E-state index is 0.0349. The van der Waals surface area contributed by atoms with Gasteiger partial charge >= 0.3 is 5.97 Å². The summed E-state index contributed by atoms with van der Waals surface area (Å²) in [6, 6.07) is 0. The Kier molecular flexibility index (Phi) is 14.1. The number of imidazole rings is 1. The van der Waals surface area contributed by atoms with Gasteiger partial charge < -0.3 is 19.5 Å². The maximum Gasteiger partial charge on any atom is 0.309 e. The number of hydrogen-bond acceptors (Lipinski definition) is 9. The molecule has 0 amide bonds. The minimum atomic E-state index is -3.64.